The fraction of sp³-hybridized carbons (Fsp3) is 0.241. The Morgan fingerprint density at radius 3 is 2.33 bits per heavy atom. The number of aromatic nitrogens is 4. The lowest BCUT2D eigenvalue weighted by atomic mass is 9.98. The third kappa shape index (κ3) is 7.39. The van der Waals surface area contributed by atoms with E-state index in [1.54, 1.807) is 70.6 Å². The minimum Gasteiger partial charge on any atom is -0.475 e. The van der Waals surface area contributed by atoms with Gasteiger partial charge in [-0.2, -0.15) is 18.3 Å². The van der Waals surface area contributed by atoms with Gasteiger partial charge in [0, 0.05) is 36.6 Å². The molecule has 4 aromatic rings. The number of carbonyl (C=O) groups is 3. The summed E-state index contributed by atoms with van der Waals surface area (Å²) < 4.78 is 46.7. The van der Waals surface area contributed by atoms with Crippen LogP contribution in [0.2, 0.25) is 0 Å². The molecule has 0 bridgehead atoms. The Morgan fingerprint density at radius 2 is 1.74 bits per heavy atom. The van der Waals surface area contributed by atoms with Crippen molar-refractivity contribution in [1.29, 1.82) is 0 Å². The molecular weight excluding hydrogens is 572 g/mol. The number of carbonyl (C=O) groups excluding carboxylic acids is 2. The van der Waals surface area contributed by atoms with Gasteiger partial charge >= 0.3 is 12.1 Å². The van der Waals surface area contributed by atoms with Crippen molar-refractivity contribution in [1.82, 2.24) is 25.1 Å². The summed E-state index contributed by atoms with van der Waals surface area (Å²) in [5.41, 5.74) is 3.09. The topological polar surface area (TPSA) is 130 Å². The zero-order valence-electron chi connectivity index (χ0n) is 22.9. The molecule has 43 heavy (non-hydrogen) atoms. The lowest BCUT2D eigenvalue weighted by Crippen LogP contribution is -2.30. The van der Waals surface area contributed by atoms with E-state index in [2.05, 4.69) is 20.4 Å². The fourth-order valence-electron chi connectivity index (χ4n) is 4.22. The first-order valence-electron chi connectivity index (χ1n) is 13.0. The number of aliphatic carboxylic acids is 1. The van der Waals surface area contributed by atoms with Crippen molar-refractivity contribution in [2.75, 3.05) is 11.4 Å². The first-order valence-corrected chi connectivity index (χ1v) is 13.0. The first kappa shape index (κ1) is 30.8. The smallest absolute Gasteiger partial charge is 0.475 e. The van der Waals surface area contributed by atoms with Gasteiger partial charge in [-0.3, -0.25) is 19.3 Å². The molecule has 0 spiro atoms. The average Bonchev–Trinajstić information content (AvgIpc) is 3.62. The molecule has 2 aromatic carbocycles. The molecular formula is C29H26F4N6O4. The number of carboxylic acid groups (broad SMARTS) is 1. The van der Waals surface area contributed by atoms with Crippen molar-refractivity contribution in [3.63, 3.8) is 0 Å². The minimum absolute atomic E-state index is 0.141. The van der Waals surface area contributed by atoms with Crippen LogP contribution in [0, 0.1) is 5.82 Å². The van der Waals surface area contributed by atoms with Crippen molar-refractivity contribution >= 4 is 23.5 Å². The number of halogens is 4. The quantitative estimate of drug-likeness (QED) is 0.307. The third-order valence-corrected chi connectivity index (χ3v) is 6.43. The van der Waals surface area contributed by atoms with Gasteiger partial charge in [-0.25, -0.2) is 14.2 Å². The molecule has 1 aliphatic heterocycles. The summed E-state index contributed by atoms with van der Waals surface area (Å²) in [4.78, 5) is 45.5. The first-order chi connectivity index (χ1) is 20.3. The van der Waals surface area contributed by atoms with Gasteiger partial charge in [-0.05, 0) is 67.4 Å². The van der Waals surface area contributed by atoms with E-state index in [1.165, 1.54) is 12.1 Å². The van der Waals surface area contributed by atoms with Crippen LogP contribution < -0.4 is 10.2 Å². The van der Waals surface area contributed by atoms with E-state index < -0.39 is 12.1 Å². The third-order valence-electron chi connectivity index (χ3n) is 6.43. The normalized spacial score (nSPS) is 14.1. The molecule has 1 aliphatic rings. The molecule has 1 unspecified atom stereocenters. The lowest BCUT2D eigenvalue weighted by Gasteiger charge is -2.17. The molecule has 5 rings (SSSR count). The second kappa shape index (κ2) is 12.8. The lowest BCUT2D eigenvalue weighted by molar-refractivity contribution is -0.192. The Kier molecular flexibility index (Phi) is 9.17. The van der Waals surface area contributed by atoms with Gasteiger partial charge in [0.25, 0.3) is 11.8 Å². The summed E-state index contributed by atoms with van der Waals surface area (Å²) in [5, 5.41) is 14.6. The van der Waals surface area contributed by atoms with Crippen molar-refractivity contribution < 1.29 is 37.1 Å². The molecule has 0 fully saturated rings. The maximum atomic E-state index is 13.3. The SMILES string of the molecule is CC(C)n1cnc(C2CN(C(=O)c3ccccn3)c3ccc(C(=O)NCc4ccc(F)cc4)cc32)n1.O=C(O)C(F)(F)F. The van der Waals surface area contributed by atoms with Crippen LogP contribution in [0.4, 0.5) is 23.2 Å². The zero-order chi connectivity index (χ0) is 31.3. The van der Waals surface area contributed by atoms with E-state index >= 15 is 0 Å². The summed E-state index contributed by atoms with van der Waals surface area (Å²) in [6.07, 6.45) is -1.82. The van der Waals surface area contributed by atoms with Crippen LogP contribution in [0.5, 0.6) is 0 Å². The Morgan fingerprint density at radius 1 is 1.05 bits per heavy atom. The van der Waals surface area contributed by atoms with Crippen LogP contribution >= 0.6 is 0 Å². The highest BCUT2D eigenvalue weighted by molar-refractivity contribution is 6.07. The van der Waals surface area contributed by atoms with E-state index in [1.807, 2.05) is 13.8 Å². The van der Waals surface area contributed by atoms with Gasteiger partial charge in [0.05, 0.1) is 5.92 Å². The maximum Gasteiger partial charge on any atom is 0.490 e. The van der Waals surface area contributed by atoms with Crippen molar-refractivity contribution in [2.45, 2.75) is 38.5 Å². The molecule has 0 radical (unpaired) electrons. The predicted molar refractivity (Wildman–Crippen MR) is 146 cm³/mol. The molecule has 10 nitrogen and oxygen atoms in total. The second-order valence-corrected chi connectivity index (χ2v) is 9.75. The number of carboxylic acids is 1. The van der Waals surface area contributed by atoms with Crippen LogP contribution in [-0.4, -0.2) is 55.4 Å². The zero-order valence-corrected chi connectivity index (χ0v) is 22.9. The van der Waals surface area contributed by atoms with E-state index in [0.717, 1.165) is 11.1 Å². The molecule has 0 aliphatic carbocycles. The van der Waals surface area contributed by atoms with Gasteiger partial charge in [0.1, 0.15) is 17.8 Å². The van der Waals surface area contributed by atoms with Gasteiger partial charge in [0.2, 0.25) is 0 Å². The predicted octanol–water partition coefficient (Wildman–Crippen LogP) is 4.75. The number of benzene rings is 2. The van der Waals surface area contributed by atoms with E-state index in [4.69, 9.17) is 9.90 Å². The number of nitrogens with zero attached hydrogens (tertiary/aromatic N) is 5. The maximum absolute atomic E-state index is 13.3. The fourth-order valence-corrected chi connectivity index (χ4v) is 4.22. The number of anilines is 1. The van der Waals surface area contributed by atoms with Crippen LogP contribution in [0.3, 0.4) is 0 Å². The number of amides is 2. The number of hydrogen-bond donors (Lipinski definition) is 2. The largest absolute Gasteiger partial charge is 0.490 e. The molecule has 224 valence electrons. The van der Waals surface area contributed by atoms with E-state index in [-0.39, 0.29) is 36.1 Å². The van der Waals surface area contributed by atoms with Gasteiger partial charge < -0.3 is 15.3 Å². The Hall–Kier alpha value is -5.14. The highest BCUT2D eigenvalue weighted by Gasteiger charge is 2.38. The number of fused-ring (bicyclic) bond motifs is 1. The number of rotatable bonds is 6. The highest BCUT2D eigenvalue weighted by atomic mass is 19.4. The molecule has 2 N–H and O–H groups in total. The van der Waals surface area contributed by atoms with Crippen LogP contribution in [0.1, 0.15) is 63.6 Å². The monoisotopic (exact) mass is 598 g/mol. The standard InChI is InChI=1S/C27H25FN6O2.C2HF3O2/c1-17(2)34-16-31-25(32-34)22-15-33(27(36)23-5-3-4-12-29-23)24-11-8-19(13-21(22)24)26(35)30-14-18-6-9-20(28)10-7-18;3-2(4,5)1(6)7/h3-13,16-17,22H,14-15H2,1-2H3,(H,30,35);(H,6,7). The summed E-state index contributed by atoms with van der Waals surface area (Å²) in [7, 11) is 0. The van der Waals surface area contributed by atoms with Crippen molar-refractivity contribution in [3.05, 3.63) is 107 Å². The summed E-state index contributed by atoms with van der Waals surface area (Å²) in [6.45, 7) is 4.64. The molecule has 2 amide bonds. The number of alkyl halides is 3. The number of nitrogens with one attached hydrogen (secondary N) is 1. The minimum atomic E-state index is -5.08. The van der Waals surface area contributed by atoms with Gasteiger partial charge in [0.15, 0.2) is 5.82 Å². The molecule has 0 saturated carbocycles. The molecule has 2 aromatic heterocycles. The Labute approximate surface area is 243 Å². The molecule has 1 atom stereocenters. The Balaban J connectivity index is 0.000000541. The van der Waals surface area contributed by atoms with Crippen LogP contribution in [-0.2, 0) is 11.3 Å². The van der Waals surface area contributed by atoms with Gasteiger partial charge in [-0.15, -0.1) is 0 Å². The number of pyridine rings is 1. The number of hydrogen-bond acceptors (Lipinski definition) is 6. The van der Waals surface area contributed by atoms with Crippen LogP contribution in [0.25, 0.3) is 0 Å². The van der Waals surface area contributed by atoms with Crippen molar-refractivity contribution in [2.24, 2.45) is 0 Å². The summed E-state index contributed by atoms with van der Waals surface area (Å²) in [5.74, 6) is -3.28. The summed E-state index contributed by atoms with van der Waals surface area (Å²) >= 11 is 0. The summed E-state index contributed by atoms with van der Waals surface area (Å²) in [6, 6.07) is 16.6. The average molecular weight is 599 g/mol. The van der Waals surface area contributed by atoms with E-state index in [0.29, 0.717) is 29.3 Å². The Bertz CT molecular complexity index is 1610. The van der Waals surface area contributed by atoms with Gasteiger partial charge in [-0.1, -0.05) is 18.2 Å². The van der Waals surface area contributed by atoms with Crippen LogP contribution in [0.15, 0.2) is 73.2 Å². The van der Waals surface area contributed by atoms with E-state index in [9.17, 15) is 27.2 Å². The van der Waals surface area contributed by atoms with Crippen molar-refractivity contribution in [3.8, 4) is 0 Å². The molecule has 3 heterocycles. The second-order valence-electron chi connectivity index (χ2n) is 9.75. The highest BCUT2D eigenvalue weighted by Crippen LogP contribution is 2.40. The molecule has 14 heteroatoms. The molecule has 0 saturated heterocycles.